The normalized spacial score (nSPS) is 15.2. The van der Waals surface area contributed by atoms with Crippen LogP contribution in [0.15, 0.2) is 71.8 Å². The van der Waals surface area contributed by atoms with Gasteiger partial charge in [-0.1, -0.05) is 38.1 Å². The number of rotatable bonds is 6. The number of piperazine rings is 1. The Hall–Kier alpha value is -3.16. The summed E-state index contributed by atoms with van der Waals surface area (Å²) in [4.78, 5) is 10.1. The van der Waals surface area contributed by atoms with Gasteiger partial charge in [-0.15, -0.1) is 0 Å². The van der Waals surface area contributed by atoms with E-state index in [0.29, 0.717) is 10.8 Å². The van der Waals surface area contributed by atoms with Crippen molar-refractivity contribution in [3.8, 4) is 22.4 Å². The third-order valence-electron chi connectivity index (χ3n) is 7.03. The molecule has 0 unspecified atom stereocenters. The topological polar surface area (TPSA) is 58.4 Å². The molecular formula is C29H34N4O2S. The first-order chi connectivity index (χ1) is 17.2. The number of hydrogen-bond donors (Lipinski definition) is 0. The highest BCUT2D eigenvalue weighted by molar-refractivity contribution is 7.90. The van der Waals surface area contributed by atoms with Gasteiger partial charge in [-0.25, -0.2) is 8.42 Å². The van der Waals surface area contributed by atoms with E-state index in [1.807, 2.05) is 25.4 Å². The monoisotopic (exact) mass is 502 g/mol. The number of nitrogens with zero attached hydrogens (tertiary/aromatic N) is 4. The largest absolute Gasteiger partial charge is 0.369 e. The summed E-state index contributed by atoms with van der Waals surface area (Å²) in [6, 6.07) is 20.1. The third kappa shape index (κ3) is 5.04. The molecule has 5 rings (SSSR count). The maximum atomic E-state index is 11.8. The first kappa shape index (κ1) is 24.5. The number of benzene rings is 2. The summed E-state index contributed by atoms with van der Waals surface area (Å²) >= 11 is 0. The average Bonchev–Trinajstić information content (AvgIpc) is 3.19. The number of pyridine rings is 1. The second kappa shape index (κ2) is 9.71. The molecule has 0 N–H and O–H groups in total. The van der Waals surface area contributed by atoms with Gasteiger partial charge in [-0.05, 0) is 53.4 Å². The van der Waals surface area contributed by atoms with Gasteiger partial charge in [0.15, 0.2) is 9.84 Å². The molecule has 0 aliphatic carbocycles. The quantitative estimate of drug-likeness (QED) is 0.368. The molecule has 1 aliphatic heterocycles. The summed E-state index contributed by atoms with van der Waals surface area (Å²) in [6.07, 6.45) is 3.16. The summed E-state index contributed by atoms with van der Waals surface area (Å²) in [6.45, 7) is 10.1. The zero-order valence-corrected chi connectivity index (χ0v) is 22.3. The molecule has 0 bridgehead atoms. The van der Waals surface area contributed by atoms with Crippen LogP contribution in [-0.2, 0) is 16.9 Å². The lowest BCUT2D eigenvalue weighted by molar-refractivity contribution is 0.231. The second-order valence-corrected chi connectivity index (χ2v) is 12.3. The fraction of sp³-hybridized carbons (Fsp3) is 0.345. The SMILES string of the molecule is CC(C)CN1CCN(c2ccc(-c3cnc4cc(-c5ccc(S(C)(=O)=O)cc5)n(C)c4c3)cc2)CC1. The summed E-state index contributed by atoms with van der Waals surface area (Å²) in [7, 11) is -1.19. The molecule has 2 aromatic heterocycles. The van der Waals surface area contributed by atoms with Crippen molar-refractivity contribution in [2.24, 2.45) is 13.0 Å². The van der Waals surface area contributed by atoms with E-state index < -0.39 is 9.84 Å². The minimum atomic E-state index is -3.21. The highest BCUT2D eigenvalue weighted by Crippen LogP contribution is 2.31. The van der Waals surface area contributed by atoms with Crippen molar-refractivity contribution in [3.05, 3.63) is 66.9 Å². The minimum absolute atomic E-state index is 0.325. The van der Waals surface area contributed by atoms with Crippen LogP contribution < -0.4 is 4.90 Å². The van der Waals surface area contributed by atoms with Gasteiger partial charge in [-0.3, -0.25) is 9.88 Å². The number of sulfone groups is 1. The number of anilines is 1. The van der Waals surface area contributed by atoms with Crippen molar-refractivity contribution < 1.29 is 8.42 Å². The molecule has 1 saturated heterocycles. The van der Waals surface area contributed by atoms with Crippen LogP contribution in [0.1, 0.15) is 13.8 Å². The first-order valence-corrected chi connectivity index (χ1v) is 14.4. The number of fused-ring (bicyclic) bond motifs is 1. The Labute approximate surface area is 214 Å². The molecule has 4 aromatic rings. The maximum Gasteiger partial charge on any atom is 0.175 e. The van der Waals surface area contributed by atoms with Crippen LogP contribution in [-0.4, -0.2) is 61.8 Å². The fourth-order valence-electron chi connectivity index (χ4n) is 5.08. The van der Waals surface area contributed by atoms with Crippen LogP contribution in [0, 0.1) is 5.92 Å². The Balaban J connectivity index is 1.35. The predicted octanol–water partition coefficient (Wildman–Crippen LogP) is 5.09. The van der Waals surface area contributed by atoms with E-state index in [1.54, 1.807) is 12.1 Å². The van der Waals surface area contributed by atoms with Crippen molar-refractivity contribution >= 4 is 26.6 Å². The van der Waals surface area contributed by atoms with Gasteiger partial charge in [-0.2, -0.15) is 0 Å². The summed E-state index contributed by atoms with van der Waals surface area (Å²) < 4.78 is 25.7. The summed E-state index contributed by atoms with van der Waals surface area (Å²) in [5.41, 5.74) is 7.42. The van der Waals surface area contributed by atoms with Crippen LogP contribution in [0.2, 0.25) is 0 Å². The highest BCUT2D eigenvalue weighted by atomic mass is 32.2. The van der Waals surface area contributed by atoms with Crippen molar-refractivity contribution in [2.45, 2.75) is 18.7 Å². The van der Waals surface area contributed by atoms with E-state index in [9.17, 15) is 8.42 Å². The Morgan fingerprint density at radius 1 is 0.861 bits per heavy atom. The standard InChI is InChI=1S/C29H34N4O2S/c1-21(2)20-32-13-15-33(16-14-32)25-9-5-22(6-10-25)24-17-29-27(30-19-24)18-28(31(29)3)23-7-11-26(12-8-23)36(4,34)35/h5-12,17-19,21H,13-16,20H2,1-4H3. The highest BCUT2D eigenvalue weighted by Gasteiger charge is 2.18. The predicted molar refractivity (Wildman–Crippen MR) is 148 cm³/mol. The molecule has 0 saturated carbocycles. The van der Waals surface area contributed by atoms with Gasteiger partial charge in [0.25, 0.3) is 0 Å². The average molecular weight is 503 g/mol. The van der Waals surface area contributed by atoms with E-state index >= 15 is 0 Å². The van der Waals surface area contributed by atoms with Gasteiger partial charge >= 0.3 is 0 Å². The fourth-order valence-corrected chi connectivity index (χ4v) is 5.71. The van der Waals surface area contributed by atoms with Crippen LogP contribution in [0.3, 0.4) is 0 Å². The first-order valence-electron chi connectivity index (χ1n) is 12.5. The molecule has 188 valence electrons. The third-order valence-corrected chi connectivity index (χ3v) is 8.16. The van der Waals surface area contributed by atoms with E-state index in [0.717, 1.165) is 59.6 Å². The Morgan fingerprint density at radius 3 is 2.11 bits per heavy atom. The summed E-state index contributed by atoms with van der Waals surface area (Å²) in [5, 5.41) is 0. The molecule has 36 heavy (non-hydrogen) atoms. The Bertz CT molecular complexity index is 1460. The summed E-state index contributed by atoms with van der Waals surface area (Å²) in [5.74, 6) is 0.711. The lowest BCUT2D eigenvalue weighted by atomic mass is 10.1. The zero-order valence-electron chi connectivity index (χ0n) is 21.5. The molecule has 3 heterocycles. The van der Waals surface area contributed by atoms with Crippen LogP contribution in [0.4, 0.5) is 5.69 Å². The Morgan fingerprint density at radius 2 is 1.50 bits per heavy atom. The molecular weight excluding hydrogens is 468 g/mol. The van der Waals surface area contributed by atoms with Gasteiger partial charge in [0, 0.05) is 63.5 Å². The van der Waals surface area contributed by atoms with Crippen molar-refractivity contribution in [1.29, 1.82) is 0 Å². The van der Waals surface area contributed by atoms with Crippen molar-refractivity contribution in [2.75, 3.05) is 43.9 Å². The van der Waals surface area contributed by atoms with Gasteiger partial charge in [0.2, 0.25) is 0 Å². The van der Waals surface area contributed by atoms with Gasteiger partial charge in [0.05, 0.1) is 21.6 Å². The number of aryl methyl sites for hydroxylation is 1. The molecule has 0 amide bonds. The van der Waals surface area contributed by atoms with Crippen LogP contribution >= 0.6 is 0 Å². The number of hydrogen-bond acceptors (Lipinski definition) is 5. The lowest BCUT2D eigenvalue weighted by Crippen LogP contribution is -2.47. The van der Waals surface area contributed by atoms with E-state index in [-0.39, 0.29) is 0 Å². The molecule has 0 radical (unpaired) electrons. The molecule has 6 nitrogen and oxygen atoms in total. The molecule has 1 aliphatic rings. The smallest absolute Gasteiger partial charge is 0.175 e. The van der Waals surface area contributed by atoms with Gasteiger partial charge < -0.3 is 9.47 Å². The minimum Gasteiger partial charge on any atom is -0.369 e. The lowest BCUT2D eigenvalue weighted by Gasteiger charge is -2.36. The van der Waals surface area contributed by atoms with E-state index in [2.05, 4.69) is 64.6 Å². The molecule has 2 aromatic carbocycles. The van der Waals surface area contributed by atoms with Crippen LogP contribution in [0.25, 0.3) is 33.4 Å². The van der Waals surface area contributed by atoms with E-state index in [4.69, 9.17) is 4.98 Å². The zero-order chi connectivity index (χ0) is 25.4. The molecule has 7 heteroatoms. The maximum absolute atomic E-state index is 11.8. The van der Waals surface area contributed by atoms with Crippen molar-refractivity contribution in [3.63, 3.8) is 0 Å². The van der Waals surface area contributed by atoms with Crippen LogP contribution in [0.5, 0.6) is 0 Å². The molecule has 1 fully saturated rings. The van der Waals surface area contributed by atoms with E-state index in [1.165, 1.54) is 18.5 Å². The Kier molecular flexibility index (Phi) is 6.62. The molecule has 0 atom stereocenters. The molecule has 0 spiro atoms. The second-order valence-electron chi connectivity index (χ2n) is 10.2. The number of aromatic nitrogens is 2. The van der Waals surface area contributed by atoms with Crippen molar-refractivity contribution in [1.82, 2.24) is 14.5 Å². The van der Waals surface area contributed by atoms with Gasteiger partial charge in [0.1, 0.15) is 0 Å².